The Kier molecular flexibility index (Phi) is 19.4. The molecule has 6 nitrogen and oxygen atoms in total. The van der Waals surface area contributed by atoms with Gasteiger partial charge in [0.05, 0.1) is 14.3 Å². The van der Waals surface area contributed by atoms with Crippen LogP contribution in [0.1, 0.15) is 50.8 Å². The lowest BCUT2D eigenvalue weighted by molar-refractivity contribution is -0.115. The van der Waals surface area contributed by atoms with Gasteiger partial charge in [0, 0.05) is 29.2 Å². The summed E-state index contributed by atoms with van der Waals surface area (Å²) in [4.78, 5) is 11.4. The number of rotatable bonds is 10. The average Bonchev–Trinajstić information content (AvgIpc) is 2.98. The predicted octanol–water partition coefficient (Wildman–Crippen LogP) is 7.59. The third-order valence-corrected chi connectivity index (χ3v) is 5.32. The monoisotopic (exact) mass is 595 g/mol. The van der Waals surface area contributed by atoms with Crippen molar-refractivity contribution < 1.29 is 27.4 Å². The van der Waals surface area contributed by atoms with Crippen molar-refractivity contribution in [3.63, 3.8) is 0 Å². The fraction of sp³-hybridized carbons (Fsp3) is 0.355. The first kappa shape index (κ1) is 37.4. The van der Waals surface area contributed by atoms with Crippen molar-refractivity contribution in [2.45, 2.75) is 47.3 Å². The summed E-state index contributed by atoms with van der Waals surface area (Å²) < 4.78 is 47.9. The lowest BCUT2D eigenvalue weighted by Crippen LogP contribution is -2.32. The van der Waals surface area contributed by atoms with Gasteiger partial charge in [0.2, 0.25) is 0 Å². The SMILES string of the molecule is CC.CC(C)=O.CF.COc1cc(C(=N)N(CCCN)Cc2ccc(Cl)cc2)ccc1OCc1cc(F)ccc1F. The Morgan fingerprint density at radius 3 is 2.15 bits per heavy atom. The van der Waals surface area contributed by atoms with Crippen LogP contribution in [0, 0.1) is 17.0 Å². The van der Waals surface area contributed by atoms with E-state index in [2.05, 4.69) is 0 Å². The molecule has 0 fully saturated rings. The fourth-order valence-corrected chi connectivity index (χ4v) is 3.41. The highest BCUT2D eigenvalue weighted by Crippen LogP contribution is 2.30. The van der Waals surface area contributed by atoms with Crippen molar-refractivity contribution >= 4 is 23.2 Å². The molecule has 0 atom stereocenters. The van der Waals surface area contributed by atoms with Crippen molar-refractivity contribution in [3.8, 4) is 11.5 Å². The number of ketones is 1. The van der Waals surface area contributed by atoms with E-state index in [9.17, 15) is 18.0 Å². The summed E-state index contributed by atoms with van der Waals surface area (Å²) in [5, 5.41) is 9.41. The van der Waals surface area contributed by atoms with Crippen LogP contribution < -0.4 is 15.2 Å². The van der Waals surface area contributed by atoms with Gasteiger partial charge in [-0.25, -0.2) is 8.78 Å². The van der Waals surface area contributed by atoms with Gasteiger partial charge in [0.25, 0.3) is 0 Å². The molecule has 0 radical (unpaired) electrons. The van der Waals surface area contributed by atoms with Gasteiger partial charge in [0.1, 0.15) is 29.9 Å². The number of hydrogen-bond donors (Lipinski definition) is 2. The zero-order chi connectivity index (χ0) is 31.4. The number of alkyl halides is 1. The minimum absolute atomic E-state index is 0.102. The minimum atomic E-state index is -0.550. The normalized spacial score (nSPS) is 9.54. The molecule has 3 rings (SSSR count). The molecule has 10 heteroatoms. The predicted molar refractivity (Wildman–Crippen MR) is 161 cm³/mol. The molecule has 0 heterocycles. The Morgan fingerprint density at radius 1 is 0.976 bits per heavy atom. The number of carbonyl (C=O) groups is 1. The van der Waals surface area contributed by atoms with Crippen molar-refractivity contribution in [2.75, 3.05) is 27.4 Å². The Balaban J connectivity index is 0.00000180. The number of nitrogens with zero attached hydrogens (tertiary/aromatic N) is 1. The molecule has 0 aliphatic carbocycles. The molecule has 3 aromatic carbocycles. The number of halogens is 4. The number of amidine groups is 1. The third kappa shape index (κ3) is 14.1. The maximum atomic E-state index is 13.9. The van der Waals surface area contributed by atoms with E-state index in [1.54, 1.807) is 18.2 Å². The van der Waals surface area contributed by atoms with Gasteiger partial charge in [-0.2, -0.15) is 0 Å². The number of benzene rings is 3. The molecular formula is C31H41ClF3N3O3. The molecule has 0 aromatic heterocycles. The summed E-state index contributed by atoms with van der Waals surface area (Å²) in [5.74, 6) is 0.137. The van der Waals surface area contributed by atoms with Crippen LogP contribution >= 0.6 is 11.6 Å². The Morgan fingerprint density at radius 2 is 1.59 bits per heavy atom. The zero-order valence-electron chi connectivity index (χ0n) is 24.6. The molecule has 0 amide bonds. The second kappa shape index (κ2) is 21.2. The van der Waals surface area contributed by atoms with E-state index >= 15 is 0 Å². The number of nitrogens with one attached hydrogen (secondary N) is 1. The van der Waals surface area contributed by atoms with E-state index in [1.165, 1.54) is 21.0 Å². The molecule has 0 unspecified atom stereocenters. The number of ether oxygens (including phenoxy) is 2. The summed E-state index contributed by atoms with van der Waals surface area (Å²) in [6.45, 7) is 8.54. The van der Waals surface area contributed by atoms with E-state index in [1.807, 2.05) is 43.0 Å². The first-order valence-corrected chi connectivity index (χ1v) is 13.4. The third-order valence-electron chi connectivity index (χ3n) is 5.06. The van der Waals surface area contributed by atoms with Crippen molar-refractivity contribution in [1.82, 2.24) is 4.90 Å². The van der Waals surface area contributed by atoms with Crippen molar-refractivity contribution in [1.29, 1.82) is 5.41 Å². The molecule has 0 bridgehead atoms. The Labute approximate surface area is 246 Å². The summed E-state index contributed by atoms with van der Waals surface area (Å²) in [7, 11) is 1.98. The van der Waals surface area contributed by atoms with E-state index in [4.69, 9.17) is 32.2 Å². The van der Waals surface area contributed by atoms with Crippen molar-refractivity contribution in [3.05, 3.63) is 94.0 Å². The van der Waals surface area contributed by atoms with Gasteiger partial charge in [0.15, 0.2) is 11.5 Å². The van der Waals surface area contributed by atoms with Crippen LogP contribution in [0.4, 0.5) is 13.2 Å². The molecule has 0 spiro atoms. The first-order valence-electron chi connectivity index (χ1n) is 13.0. The lowest BCUT2D eigenvalue weighted by atomic mass is 10.1. The van der Waals surface area contributed by atoms with Crippen LogP contribution in [0.15, 0.2) is 60.7 Å². The maximum absolute atomic E-state index is 13.9. The molecular weight excluding hydrogens is 555 g/mol. The van der Waals surface area contributed by atoms with Crippen LogP contribution in [-0.2, 0) is 17.9 Å². The van der Waals surface area contributed by atoms with Crippen LogP contribution in [0.25, 0.3) is 0 Å². The number of methoxy groups -OCH3 is 1. The summed E-state index contributed by atoms with van der Waals surface area (Å²) in [6.07, 6.45) is 0.730. The number of hydrogen-bond acceptors (Lipinski definition) is 5. The maximum Gasteiger partial charge on any atom is 0.161 e. The second-order valence-electron chi connectivity index (χ2n) is 8.34. The molecule has 41 heavy (non-hydrogen) atoms. The summed E-state index contributed by atoms with van der Waals surface area (Å²) >= 11 is 5.98. The smallest absolute Gasteiger partial charge is 0.161 e. The van der Waals surface area contributed by atoms with E-state index in [0.29, 0.717) is 54.7 Å². The van der Waals surface area contributed by atoms with Gasteiger partial charge < -0.3 is 24.9 Å². The topological polar surface area (TPSA) is 88.6 Å². The van der Waals surface area contributed by atoms with Crippen molar-refractivity contribution in [2.24, 2.45) is 5.73 Å². The van der Waals surface area contributed by atoms with Gasteiger partial charge >= 0.3 is 0 Å². The molecule has 0 saturated carbocycles. The highest BCUT2D eigenvalue weighted by atomic mass is 35.5. The standard InChI is InChI=1S/C25H26ClF2N3O2.C3H6O.C2H6.CH3F/c1-32-24-14-18(5-10-23(24)33-16-19-13-21(27)8-9-22(19)28)25(30)31(12-2-11-29)15-17-3-6-20(26)7-4-17;1-3(2)4;2*1-2/h3-10,13-14,30H,2,11-12,15-16,29H2,1H3;1-2H3;1-2H3;1H3. The van der Waals surface area contributed by atoms with E-state index in [0.717, 1.165) is 30.2 Å². The van der Waals surface area contributed by atoms with Crippen LogP contribution in [0.3, 0.4) is 0 Å². The van der Waals surface area contributed by atoms with E-state index < -0.39 is 11.6 Å². The van der Waals surface area contributed by atoms with Crippen LogP contribution in [0.2, 0.25) is 5.02 Å². The molecule has 3 aromatic rings. The Hall–Kier alpha value is -3.56. The first-order chi connectivity index (χ1) is 19.6. The minimum Gasteiger partial charge on any atom is -0.493 e. The Bertz CT molecular complexity index is 1190. The molecule has 226 valence electrons. The number of nitrogens with two attached hydrogens (primary N) is 1. The molecule has 0 aliphatic rings. The van der Waals surface area contributed by atoms with Gasteiger partial charge in [-0.1, -0.05) is 37.6 Å². The largest absolute Gasteiger partial charge is 0.493 e. The van der Waals surface area contributed by atoms with Gasteiger partial charge in [-0.3, -0.25) is 9.80 Å². The van der Waals surface area contributed by atoms with E-state index in [-0.39, 0.29) is 18.0 Å². The van der Waals surface area contributed by atoms with Gasteiger partial charge in [-0.15, -0.1) is 0 Å². The van der Waals surface area contributed by atoms with Crippen LogP contribution in [0.5, 0.6) is 11.5 Å². The highest BCUT2D eigenvalue weighted by Gasteiger charge is 2.16. The fourth-order valence-electron chi connectivity index (χ4n) is 3.29. The summed E-state index contributed by atoms with van der Waals surface area (Å²) in [6, 6.07) is 15.8. The quantitative estimate of drug-likeness (QED) is 0.186. The van der Waals surface area contributed by atoms with Crippen LogP contribution in [-0.4, -0.2) is 43.9 Å². The second-order valence-corrected chi connectivity index (χ2v) is 8.77. The highest BCUT2D eigenvalue weighted by molar-refractivity contribution is 6.30. The average molecular weight is 596 g/mol. The lowest BCUT2D eigenvalue weighted by Gasteiger charge is -2.26. The zero-order valence-corrected chi connectivity index (χ0v) is 25.3. The number of Topliss-reactive ketones (excluding diaryl/α,β-unsaturated/α-hetero) is 1. The molecule has 0 saturated heterocycles. The molecule has 3 N–H and O–H groups in total. The molecule has 0 aliphatic heterocycles. The summed E-state index contributed by atoms with van der Waals surface area (Å²) in [5.41, 5.74) is 7.44. The van der Waals surface area contributed by atoms with Gasteiger partial charge in [-0.05, 0) is 80.9 Å². The number of carbonyl (C=O) groups excluding carboxylic acids is 1.